The zero-order valence-electron chi connectivity index (χ0n) is 11.9. The molecule has 0 spiro atoms. The van der Waals surface area contributed by atoms with Crippen molar-refractivity contribution in [3.05, 3.63) is 35.9 Å². The number of hydrogen-bond acceptors (Lipinski definition) is 1. The number of hydrogen-bond donors (Lipinski definition) is 1. The summed E-state index contributed by atoms with van der Waals surface area (Å²) >= 11 is 0. The Kier molecular flexibility index (Phi) is 4.82. The first kappa shape index (κ1) is 13.6. The second-order valence-electron chi connectivity index (χ2n) is 6.15. The summed E-state index contributed by atoms with van der Waals surface area (Å²) in [4.78, 5) is 0. The van der Waals surface area contributed by atoms with Crippen LogP contribution in [0.2, 0.25) is 0 Å². The van der Waals surface area contributed by atoms with Crippen LogP contribution in [0, 0.1) is 5.41 Å². The summed E-state index contributed by atoms with van der Waals surface area (Å²) in [6.07, 6.45) is 8.06. The van der Waals surface area contributed by atoms with Gasteiger partial charge in [0.25, 0.3) is 0 Å². The van der Waals surface area contributed by atoms with Gasteiger partial charge in [0.15, 0.2) is 0 Å². The summed E-state index contributed by atoms with van der Waals surface area (Å²) in [5.41, 5.74) is 2.05. The largest absolute Gasteiger partial charge is 0.309 e. The van der Waals surface area contributed by atoms with Crippen LogP contribution in [0.5, 0.6) is 0 Å². The predicted molar refractivity (Wildman–Crippen MR) is 78.7 cm³/mol. The van der Waals surface area contributed by atoms with Gasteiger partial charge >= 0.3 is 0 Å². The van der Waals surface area contributed by atoms with Gasteiger partial charge in [-0.25, -0.2) is 0 Å². The van der Waals surface area contributed by atoms with Crippen molar-refractivity contribution in [3.8, 4) is 0 Å². The lowest BCUT2D eigenvalue weighted by Crippen LogP contribution is -2.27. The van der Waals surface area contributed by atoms with Gasteiger partial charge in [0, 0.05) is 12.6 Å². The summed E-state index contributed by atoms with van der Waals surface area (Å²) in [7, 11) is 0. The molecular weight excluding hydrogens is 218 g/mol. The number of rotatable bonds is 8. The Morgan fingerprint density at radius 3 is 2.50 bits per heavy atom. The molecule has 0 aliphatic heterocycles. The minimum absolute atomic E-state index is 0.551. The molecule has 0 saturated heterocycles. The van der Waals surface area contributed by atoms with E-state index < -0.39 is 0 Å². The highest BCUT2D eigenvalue weighted by Gasteiger charge is 2.37. The molecule has 1 aromatic rings. The Balaban J connectivity index is 1.89. The summed E-state index contributed by atoms with van der Waals surface area (Å²) in [6, 6.07) is 11.5. The van der Waals surface area contributed by atoms with Gasteiger partial charge in [-0.1, -0.05) is 63.4 Å². The molecule has 1 saturated carbocycles. The molecule has 0 bridgehead atoms. The first-order valence-electron chi connectivity index (χ1n) is 7.52. The molecule has 2 rings (SSSR count). The van der Waals surface area contributed by atoms with Crippen LogP contribution in [0.15, 0.2) is 30.3 Å². The Bertz CT molecular complexity index is 340. The Morgan fingerprint density at radius 1 is 1.17 bits per heavy atom. The Morgan fingerprint density at radius 2 is 1.89 bits per heavy atom. The molecule has 1 heteroatoms. The molecule has 1 nitrogen and oxygen atoms in total. The van der Waals surface area contributed by atoms with E-state index in [4.69, 9.17) is 0 Å². The van der Waals surface area contributed by atoms with Gasteiger partial charge in [-0.2, -0.15) is 0 Å². The molecule has 0 heterocycles. The highest BCUT2D eigenvalue weighted by atomic mass is 14.9. The van der Waals surface area contributed by atoms with E-state index in [1.807, 2.05) is 0 Å². The molecule has 1 N–H and O–H groups in total. The molecule has 1 aliphatic rings. The van der Waals surface area contributed by atoms with Gasteiger partial charge in [-0.3, -0.25) is 0 Å². The maximum atomic E-state index is 3.80. The van der Waals surface area contributed by atoms with Gasteiger partial charge in [0.1, 0.15) is 0 Å². The van der Waals surface area contributed by atoms with Crippen LogP contribution in [0.3, 0.4) is 0 Å². The van der Waals surface area contributed by atoms with Crippen LogP contribution < -0.4 is 5.32 Å². The molecule has 0 amide bonds. The molecule has 0 radical (unpaired) electrons. The summed E-state index contributed by atoms with van der Waals surface area (Å²) < 4.78 is 0. The van der Waals surface area contributed by atoms with Gasteiger partial charge in [0.2, 0.25) is 0 Å². The van der Waals surface area contributed by atoms with Crippen molar-refractivity contribution in [1.29, 1.82) is 0 Å². The van der Waals surface area contributed by atoms with Crippen LogP contribution in [0.1, 0.15) is 64.0 Å². The van der Waals surface area contributed by atoms with Crippen molar-refractivity contribution >= 4 is 0 Å². The number of unbranched alkanes of at least 4 members (excludes halogenated alkanes) is 2. The predicted octanol–water partition coefficient (Wildman–Crippen LogP) is 4.70. The lowest BCUT2D eigenvalue weighted by Gasteiger charge is -2.21. The molecule has 1 unspecified atom stereocenters. The molecule has 1 fully saturated rings. The molecule has 1 aromatic carbocycles. The van der Waals surface area contributed by atoms with Crippen LogP contribution >= 0.6 is 0 Å². The zero-order chi connectivity index (χ0) is 12.8. The highest BCUT2D eigenvalue weighted by Crippen LogP contribution is 2.44. The second-order valence-corrected chi connectivity index (χ2v) is 6.15. The van der Waals surface area contributed by atoms with Crippen molar-refractivity contribution in [2.24, 2.45) is 5.41 Å². The molecule has 0 aromatic heterocycles. The van der Waals surface area contributed by atoms with Gasteiger partial charge in [0.05, 0.1) is 0 Å². The summed E-state index contributed by atoms with van der Waals surface area (Å²) in [5.74, 6) is 0. The van der Waals surface area contributed by atoms with Crippen LogP contribution in [0.4, 0.5) is 0 Å². The molecule has 18 heavy (non-hydrogen) atoms. The SMILES string of the molecule is CCCCCC(NCC1(C)CC1)c1ccccc1. The third kappa shape index (κ3) is 4.13. The summed E-state index contributed by atoms with van der Waals surface area (Å²) in [5, 5.41) is 3.80. The fourth-order valence-corrected chi connectivity index (χ4v) is 2.43. The molecular formula is C17H27N. The fourth-order valence-electron chi connectivity index (χ4n) is 2.43. The van der Waals surface area contributed by atoms with Crippen molar-refractivity contribution < 1.29 is 0 Å². The topological polar surface area (TPSA) is 12.0 Å². The Hall–Kier alpha value is -0.820. The van der Waals surface area contributed by atoms with Gasteiger partial charge in [-0.05, 0) is 30.2 Å². The summed E-state index contributed by atoms with van der Waals surface area (Å²) in [6.45, 7) is 5.85. The van der Waals surface area contributed by atoms with Crippen molar-refractivity contribution in [3.63, 3.8) is 0 Å². The maximum absolute atomic E-state index is 3.80. The third-order valence-electron chi connectivity index (χ3n) is 4.18. The van der Waals surface area contributed by atoms with E-state index in [2.05, 4.69) is 49.5 Å². The molecule has 1 atom stereocenters. The minimum Gasteiger partial charge on any atom is -0.309 e. The van der Waals surface area contributed by atoms with Crippen LogP contribution in [-0.2, 0) is 0 Å². The lowest BCUT2D eigenvalue weighted by molar-refractivity contribution is 0.414. The first-order valence-corrected chi connectivity index (χ1v) is 7.52. The van der Waals surface area contributed by atoms with Crippen molar-refractivity contribution in [2.75, 3.05) is 6.54 Å². The highest BCUT2D eigenvalue weighted by molar-refractivity contribution is 5.19. The average molecular weight is 245 g/mol. The quantitative estimate of drug-likeness (QED) is 0.655. The zero-order valence-corrected chi connectivity index (χ0v) is 11.9. The van der Waals surface area contributed by atoms with E-state index in [0.29, 0.717) is 11.5 Å². The van der Waals surface area contributed by atoms with E-state index in [9.17, 15) is 0 Å². The van der Waals surface area contributed by atoms with Gasteiger partial charge < -0.3 is 5.32 Å². The first-order chi connectivity index (χ1) is 8.73. The third-order valence-corrected chi connectivity index (χ3v) is 4.18. The monoisotopic (exact) mass is 245 g/mol. The van der Waals surface area contributed by atoms with Crippen LogP contribution in [0.25, 0.3) is 0 Å². The van der Waals surface area contributed by atoms with Crippen molar-refractivity contribution in [2.45, 2.75) is 58.4 Å². The smallest absolute Gasteiger partial charge is 0.0320 e. The van der Waals surface area contributed by atoms with E-state index in [-0.39, 0.29) is 0 Å². The molecule has 100 valence electrons. The van der Waals surface area contributed by atoms with E-state index in [1.165, 1.54) is 50.6 Å². The van der Waals surface area contributed by atoms with Crippen LogP contribution in [-0.4, -0.2) is 6.54 Å². The standard InChI is InChI=1S/C17H27N/c1-3-4-6-11-16(15-9-7-5-8-10-15)18-14-17(2)12-13-17/h5,7-10,16,18H,3-4,6,11-14H2,1-2H3. The number of benzene rings is 1. The van der Waals surface area contributed by atoms with Crippen molar-refractivity contribution in [1.82, 2.24) is 5.32 Å². The maximum Gasteiger partial charge on any atom is 0.0320 e. The molecule has 1 aliphatic carbocycles. The van der Waals surface area contributed by atoms with E-state index in [0.717, 1.165) is 0 Å². The lowest BCUT2D eigenvalue weighted by atomic mass is 9.99. The van der Waals surface area contributed by atoms with E-state index >= 15 is 0 Å². The van der Waals surface area contributed by atoms with E-state index in [1.54, 1.807) is 0 Å². The fraction of sp³-hybridized carbons (Fsp3) is 0.647. The Labute approximate surface area is 112 Å². The minimum atomic E-state index is 0.551. The number of nitrogens with one attached hydrogen (secondary N) is 1. The normalized spacial score (nSPS) is 18.6. The van der Waals surface area contributed by atoms with Gasteiger partial charge in [-0.15, -0.1) is 0 Å². The average Bonchev–Trinajstić information content (AvgIpc) is 3.13. The second kappa shape index (κ2) is 6.38.